The second-order valence-corrected chi connectivity index (χ2v) is 3.78. The molecule has 1 rings (SSSR count). The van der Waals surface area contributed by atoms with Crippen molar-refractivity contribution < 1.29 is 9.90 Å². The SMILES string of the molecule is CC[C@H](CO)NC(=O)c1cccc(N)c1C. The minimum absolute atomic E-state index is 0.0520. The molecule has 0 radical (unpaired) electrons. The number of nitrogens with one attached hydrogen (secondary N) is 1. The molecular weight excluding hydrogens is 204 g/mol. The lowest BCUT2D eigenvalue weighted by atomic mass is 10.1. The van der Waals surface area contributed by atoms with Gasteiger partial charge in [-0.2, -0.15) is 0 Å². The summed E-state index contributed by atoms with van der Waals surface area (Å²) in [5.41, 5.74) is 7.66. The number of nitrogen functional groups attached to an aromatic ring is 1. The molecule has 0 bridgehead atoms. The fraction of sp³-hybridized carbons (Fsp3) is 0.417. The Morgan fingerprint density at radius 3 is 2.81 bits per heavy atom. The summed E-state index contributed by atoms with van der Waals surface area (Å²) in [5.74, 6) is -0.189. The van der Waals surface area contributed by atoms with Crippen LogP contribution in [0.1, 0.15) is 29.3 Å². The number of rotatable bonds is 4. The van der Waals surface area contributed by atoms with Crippen LogP contribution < -0.4 is 11.1 Å². The number of hydrogen-bond acceptors (Lipinski definition) is 3. The topological polar surface area (TPSA) is 75.3 Å². The number of benzene rings is 1. The van der Waals surface area contributed by atoms with Gasteiger partial charge in [-0.15, -0.1) is 0 Å². The molecule has 4 N–H and O–H groups in total. The lowest BCUT2D eigenvalue weighted by Crippen LogP contribution is -2.37. The Bertz CT molecular complexity index is 373. The Morgan fingerprint density at radius 2 is 2.25 bits per heavy atom. The molecule has 0 spiro atoms. The summed E-state index contributed by atoms with van der Waals surface area (Å²) in [6, 6.07) is 5.03. The van der Waals surface area contributed by atoms with E-state index in [1.807, 2.05) is 13.8 Å². The Labute approximate surface area is 95.5 Å². The third-order valence-electron chi connectivity index (χ3n) is 2.67. The fourth-order valence-corrected chi connectivity index (χ4v) is 1.44. The van der Waals surface area contributed by atoms with E-state index in [9.17, 15) is 4.79 Å². The molecule has 1 aromatic rings. The van der Waals surface area contributed by atoms with Crippen LogP contribution in [0.3, 0.4) is 0 Å². The number of amides is 1. The zero-order valence-electron chi connectivity index (χ0n) is 9.66. The van der Waals surface area contributed by atoms with E-state index < -0.39 is 0 Å². The van der Waals surface area contributed by atoms with E-state index in [0.29, 0.717) is 17.7 Å². The van der Waals surface area contributed by atoms with Gasteiger partial charge < -0.3 is 16.2 Å². The van der Waals surface area contributed by atoms with Gasteiger partial charge in [-0.05, 0) is 31.0 Å². The van der Waals surface area contributed by atoms with Crippen molar-refractivity contribution in [3.8, 4) is 0 Å². The normalized spacial score (nSPS) is 12.2. The number of carbonyl (C=O) groups excluding carboxylic acids is 1. The van der Waals surface area contributed by atoms with E-state index in [-0.39, 0.29) is 18.6 Å². The smallest absolute Gasteiger partial charge is 0.251 e. The van der Waals surface area contributed by atoms with E-state index in [0.717, 1.165) is 5.56 Å². The van der Waals surface area contributed by atoms with E-state index >= 15 is 0 Å². The van der Waals surface area contributed by atoms with Crippen LogP contribution in [0.2, 0.25) is 0 Å². The Kier molecular flexibility index (Phi) is 4.31. The molecule has 0 aliphatic rings. The third kappa shape index (κ3) is 2.73. The van der Waals surface area contributed by atoms with Crippen LogP contribution in [0.5, 0.6) is 0 Å². The summed E-state index contributed by atoms with van der Waals surface area (Å²) >= 11 is 0. The predicted octanol–water partition coefficient (Wildman–Crippen LogP) is 1.08. The summed E-state index contributed by atoms with van der Waals surface area (Å²) < 4.78 is 0. The molecule has 0 aliphatic heterocycles. The van der Waals surface area contributed by atoms with Gasteiger partial charge in [0.2, 0.25) is 0 Å². The molecule has 0 heterocycles. The standard InChI is InChI=1S/C12H18N2O2/c1-3-9(7-15)14-12(16)10-5-4-6-11(13)8(10)2/h4-6,9,15H,3,7,13H2,1-2H3,(H,14,16)/t9-/m1/s1. The second-order valence-electron chi connectivity index (χ2n) is 3.78. The highest BCUT2D eigenvalue weighted by Gasteiger charge is 2.13. The molecule has 4 nitrogen and oxygen atoms in total. The highest BCUT2D eigenvalue weighted by Crippen LogP contribution is 2.15. The summed E-state index contributed by atoms with van der Waals surface area (Å²) in [7, 11) is 0. The van der Waals surface area contributed by atoms with Gasteiger partial charge >= 0.3 is 0 Å². The van der Waals surface area contributed by atoms with Crippen LogP contribution >= 0.6 is 0 Å². The van der Waals surface area contributed by atoms with Crippen LogP contribution in [-0.4, -0.2) is 23.7 Å². The van der Waals surface area contributed by atoms with E-state index in [1.54, 1.807) is 18.2 Å². The van der Waals surface area contributed by atoms with Gasteiger partial charge in [0.1, 0.15) is 0 Å². The lowest BCUT2D eigenvalue weighted by molar-refractivity contribution is 0.0914. The molecule has 0 fully saturated rings. The summed E-state index contributed by atoms with van der Waals surface area (Å²) in [6.07, 6.45) is 0.698. The number of anilines is 1. The zero-order chi connectivity index (χ0) is 12.1. The quantitative estimate of drug-likeness (QED) is 0.667. The molecular formula is C12H18N2O2. The van der Waals surface area contributed by atoms with Gasteiger partial charge in [-0.3, -0.25) is 4.79 Å². The third-order valence-corrected chi connectivity index (χ3v) is 2.67. The lowest BCUT2D eigenvalue weighted by Gasteiger charge is -2.15. The van der Waals surface area contributed by atoms with Gasteiger partial charge in [-0.25, -0.2) is 0 Å². The average Bonchev–Trinajstić information content (AvgIpc) is 2.29. The van der Waals surface area contributed by atoms with Crippen molar-refractivity contribution in [2.45, 2.75) is 26.3 Å². The Hall–Kier alpha value is -1.55. The van der Waals surface area contributed by atoms with Gasteiger partial charge in [0.15, 0.2) is 0 Å². The summed E-state index contributed by atoms with van der Waals surface area (Å²) in [5, 5.41) is 11.8. The maximum Gasteiger partial charge on any atom is 0.251 e. The molecule has 16 heavy (non-hydrogen) atoms. The van der Waals surface area contributed by atoms with Gasteiger partial charge in [0.05, 0.1) is 12.6 Å². The molecule has 1 atom stereocenters. The number of carbonyl (C=O) groups is 1. The fourth-order valence-electron chi connectivity index (χ4n) is 1.44. The molecule has 0 aliphatic carbocycles. The first-order valence-corrected chi connectivity index (χ1v) is 5.37. The molecule has 1 amide bonds. The van der Waals surface area contributed by atoms with Crippen molar-refractivity contribution in [1.29, 1.82) is 0 Å². The van der Waals surface area contributed by atoms with Crippen molar-refractivity contribution in [1.82, 2.24) is 5.32 Å². The molecule has 0 saturated heterocycles. The van der Waals surface area contributed by atoms with Crippen LogP contribution in [-0.2, 0) is 0 Å². The minimum atomic E-state index is -0.201. The summed E-state index contributed by atoms with van der Waals surface area (Å²) in [4.78, 5) is 11.9. The van der Waals surface area contributed by atoms with Crippen molar-refractivity contribution in [2.24, 2.45) is 0 Å². The number of aliphatic hydroxyl groups excluding tert-OH is 1. The van der Waals surface area contributed by atoms with Crippen LogP contribution in [0.15, 0.2) is 18.2 Å². The van der Waals surface area contributed by atoms with Crippen molar-refractivity contribution in [2.75, 3.05) is 12.3 Å². The highest BCUT2D eigenvalue weighted by atomic mass is 16.3. The number of hydrogen-bond donors (Lipinski definition) is 3. The average molecular weight is 222 g/mol. The van der Waals surface area contributed by atoms with Crippen LogP contribution in [0, 0.1) is 6.92 Å². The Morgan fingerprint density at radius 1 is 1.56 bits per heavy atom. The van der Waals surface area contributed by atoms with E-state index in [2.05, 4.69) is 5.32 Å². The molecule has 0 saturated carbocycles. The van der Waals surface area contributed by atoms with Gasteiger partial charge in [0, 0.05) is 11.3 Å². The predicted molar refractivity (Wildman–Crippen MR) is 64.2 cm³/mol. The van der Waals surface area contributed by atoms with Crippen molar-refractivity contribution in [3.05, 3.63) is 29.3 Å². The van der Waals surface area contributed by atoms with Gasteiger partial charge in [-0.1, -0.05) is 13.0 Å². The largest absolute Gasteiger partial charge is 0.398 e. The zero-order valence-corrected chi connectivity index (χ0v) is 9.66. The van der Waals surface area contributed by atoms with Gasteiger partial charge in [0.25, 0.3) is 5.91 Å². The van der Waals surface area contributed by atoms with E-state index in [4.69, 9.17) is 10.8 Å². The maximum absolute atomic E-state index is 11.9. The number of nitrogens with two attached hydrogens (primary N) is 1. The second kappa shape index (κ2) is 5.51. The Balaban J connectivity index is 2.84. The minimum Gasteiger partial charge on any atom is -0.398 e. The van der Waals surface area contributed by atoms with Crippen molar-refractivity contribution >= 4 is 11.6 Å². The molecule has 0 unspecified atom stereocenters. The van der Waals surface area contributed by atoms with Crippen LogP contribution in [0.25, 0.3) is 0 Å². The molecule has 88 valence electrons. The summed E-state index contributed by atoms with van der Waals surface area (Å²) in [6.45, 7) is 3.67. The first-order valence-electron chi connectivity index (χ1n) is 5.37. The monoisotopic (exact) mass is 222 g/mol. The first-order chi connectivity index (χ1) is 7.60. The number of aliphatic hydroxyl groups is 1. The maximum atomic E-state index is 11.9. The van der Waals surface area contributed by atoms with Crippen LogP contribution in [0.4, 0.5) is 5.69 Å². The van der Waals surface area contributed by atoms with E-state index in [1.165, 1.54) is 0 Å². The molecule has 0 aromatic heterocycles. The molecule has 4 heteroatoms. The highest BCUT2D eigenvalue weighted by molar-refractivity contribution is 5.97. The van der Waals surface area contributed by atoms with Crippen molar-refractivity contribution in [3.63, 3.8) is 0 Å². The molecule has 1 aromatic carbocycles. The first kappa shape index (κ1) is 12.5.